The van der Waals surface area contributed by atoms with Crippen LogP contribution in [0, 0.1) is 34.5 Å². The second-order valence-electron chi connectivity index (χ2n) is 11.8. The van der Waals surface area contributed by atoms with E-state index in [0.29, 0.717) is 31.3 Å². The summed E-state index contributed by atoms with van der Waals surface area (Å²) in [6.07, 6.45) is 7.94. The summed E-state index contributed by atoms with van der Waals surface area (Å²) in [5.74, 6) is 0.865. The van der Waals surface area contributed by atoms with Crippen molar-refractivity contribution in [2.75, 3.05) is 13.2 Å². The van der Waals surface area contributed by atoms with E-state index in [9.17, 15) is 25.2 Å². The van der Waals surface area contributed by atoms with Gasteiger partial charge in [-0.1, -0.05) is 13.8 Å². The van der Waals surface area contributed by atoms with Crippen molar-refractivity contribution in [2.24, 2.45) is 34.5 Å². The standard InChI is InChI=1S/C25H38O6/c1-22-9-10-24(29,20(27)13-26)12-16(22)3-4-19-18(22)5-7-23(2)17(6-8-25(19,23)30)15-11-21(28)31-14-15/h11,16-20,26-27,29-30H,3-10,12-14H2,1-2H3/t16-,17-,18+,19-,20?,22+,23-,24+,25+/m1/s1. The zero-order valence-electron chi connectivity index (χ0n) is 18.8. The lowest BCUT2D eigenvalue weighted by atomic mass is 9.42. The Bertz CT molecular complexity index is 795. The fourth-order valence-corrected chi connectivity index (χ4v) is 8.90. The van der Waals surface area contributed by atoms with Gasteiger partial charge in [-0.25, -0.2) is 4.79 Å². The van der Waals surface area contributed by atoms with Gasteiger partial charge in [0, 0.05) is 11.5 Å². The Morgan fingerprint density at radius 2 is 1.84 bits per heavy atom. The molecule has 0 aromatic carbocycles. The summed E-state index contributed by atoms with van der Waals surface area (Å²) < 4.78 is 5.20. The Balaban J connectivity index is 1.42. The minimum atomic E-state index is -1.20. The maximum absolute atomic E-state index is 12.2. The van der Waals surface area contributed by atoms with Crippen molar-refractivity contribution in [2.45, 2.75) is 88.9 Å². The van der Waals surface area contributed by atoms with E-state index in [2.05, 4.69) is 13.8 Å². The van der Waals surface area contributed by atoms with E-state index in [1.54, 1.807) is 6.08 Å². The molecule has 4 fully saturated rings. The normalized spacial score (nSPS) is 52.6. The lowest BCUT2D eigenvalue weighted by Gasteiger charge is -2.64. The van der Waals surface area contributed by atoms with E-state index in [1.807, 2.05) is 0 Å². The topological polar surface area (TPSA) is 107 Å². The van der Waals surface area contributed by atoms with Crippen LogP contribution in [-0.4, -0.2) is 56.9 Å². The van der Waals surface area contributed by atoms with Gasteiger partial charge >= 0.3 is 5.97 Å². The number of carbonyl (C=O) groups is 1. The first-order chi connectivity index (χ1) is 14.6. The Hall–Kier alpha value is -0.950. The van der Waals surface area contributed by atoms with Crippen LogP contribution in [0.2, 0.25) is 0 Å². The van der Waals surface area contributed by atoms with Gasteiger partial charge in [0.1, 0.15) is 12.7 Å². The number of esters is 1. The average molecular weight is 435 g/mol. The molecular weight excluding hydrogens is 396 g/mol. The highest BCUT2D eigenvalue weighted by Crippen LogP contribution is 2.70. The monoisotopic (exact) mass is 434 g/mol. The van der Waals surface area contributed by atoms with Crippen molar-refractivity contribution in [1.82, 2.24) is 0 Å². The van der Waals surface area contributed by atoms with Gasteiger partial charge in [-0.2, -0.15) is 0 Å². The molecule has 31 heavy (non-hydrogen) atoms. The summed E-state index contributed by atoms with van der Waals surface area (Å²) >= 11 is 0. The molecule has 0 bridgehead atoms. The van der Waals surface area contributed by atoms with Crippen molar-refractivity contribution in [3.63, 3.8) is 0 Å². The van der Waals surface area contributed by atoms with E-state index in [-0.39, 0.29) is 28.6 Å². The van der Waals surface area contributed by atoms with Gasteiger partial charge in [0.25, 0.3) is 0 Å². The Labute approximate surface area is 184 Å². The van der Waals surface area contributed by atoms with Gasteiger partial charge in [-0.05, 0) is 92.4 Å². The minimum absolute atomic E-state index is 0.0329. The summed E-state index contributed by atoms with van der Waals surface area (Å²) in [6.45, 7) is 4.53. The van der Waals surface area contributed by atoms with Gasteiger partial charge in [0.2, 0.25) is 0 Å². The van der Waals surface area contributed by atoms with Gasteiger partial charge in [0.15, 0.2) is 0 Å². The molecule has 0 spiro atoms. The number of hydrogen-bond acceptors (Lipinski definition) is 6. The zero-order chi connectivity index (χ0) is 22.2. The number of fused-ring (bicyclic) bond motifs is 5. The molecule has 0 aromatic heterocycles. The maximum atomic E-state index is 12.2. The maximum Gasteiger partial charge on any atom is 0.331 e. The third-order valence-electron chi connectivity index (χ3n) is 10.9. The number of carbonyl (C=O) groups excluding carboxylic acids is 1. The highest BCUT2D eigenvalue weighted by Gasteiger charge is 2.68. The largest absolute Gasteiger partial charge is 0.458 e. The van der Waals surface area contributed by atoms with Crippen LogP contribution in [0.1, 0.15) is 71.6 Å². The molecule has 6 heteroatoms. The number of rotatable bonds is 3. The summed E-state index contributed by atoms with van der Waals surface area (Å²) in [4.78, 5) is 11.7. The first kappa shape index (κ1) is 21.9. The van der Waals surface area contributed by atoms with Crippen LogP contribution in [0.5, 0.6) is 0 Å². The molecule has 1 heterocycles. The third kappa shape index (κ3) is 2.87. The van der Waals surface area contributed by atoms with Crippen LogP contribution in [-0.2, 0) is 9.53 Å². The highest BCUT2D eigenvalue weighted by atomic mass is 16.5. The smallest absolute Gasteiger partial charge is 0.331 e. The SMILES string of the molecule is C[C@]12CC[C@@](O)(C(O)CO)C[C@H]1CC[C@@H]1[C@@H]2CC[C@]2(C)[C@@H](C3=CC(=O)OC3)CC[C@]12O. The van der Waals surface area contributed by atoms with Crippen LogP contribution in [0.4, 0.5) is 0 Å². The van der Waals surface area contributed by atoms with Crippen LogP contribution >= 0.6 is 0 Å². The van der Waals surface area contributed by atoms with E-state index in [1.165, 1.54) is 0 Å². The molecule has 174 valence electrons. The lowest BCUT2D eigenvalue weighted by molar-refractivity contribution is -0.224. The van der Waals surface area contributed by atoms with E-state index in [4.69, 9.17) is 4.74 Å². The molecule has 4 N–H and O–H groups in total. The fraction of sp³-hybridized carbons (Fsp3) is 0.880. The Morgan fingerprint density at radius 1 is 1.06 bits per heavy atom. The Kier molecular flexibility index (Phi) is 4.95. The fourth-order valence-electron chi connectivity index (χ4n) is 8.90. The number of cyclic esters (lactones) is 1. The molecule has 6 nitrogen and oxygen atoms in total. The molecule has 0 saturated heterocycles. The van der Waals surface area contributed by atoms with Gasteiger partial charge < -0.3 is 25.2 Å². The van der Waals surface area contributed by atoms with Crippen molar-refractivity contribution >= 4 is 5.97 Å². The molecule has 4 aliphatic carbocycles. The summed E-state index contributed by atoms with van der Waals surface area (Å²) in [5, 5.41) is 42.9. The van der Waals surface area contributed by atoms with Crippen LogP contribution in [0.25, 0.3) is 0 Å². The molecule has 5 aliphatic rings. The van der Waals surface area contributed by atoms with Crippen molar-refractivity contribution in [3.05, 3.63) is 11.6 Å². The molecule has 5 rings (SSSR count). The van der Waals surface area contributed by atoms with Gasteiger partial charge in [0.05, 0.1) is 17.8 Å². The number of ether oxygens (including phenoxy) is 1. The second kappa shape index (κ2) is 7.02. The third-order valence-corrected chi connectivity index (χ3v) is 10.9. The van der Waals surface area contributed by atoms with E-state index >= 15 is 0 Å². The summed E-state index contributed by atoms with van der Waals surface area (Å²) in [7, 11) is 0. The average Bonchev–Trinajstić information content (AvgIpc) is 3.28. The minimum Gasteiger partial charge on any atom is -0.458 e. The number of hydrogen-bond donors (Lipinski definition) is 4. The van der Waals surface area contributed by atoms with E-state index < -0.39 is 23.9 Å². The molecule has 0 aromatic rings. The first-order valence-corrected chi connectivity index (χ1v) is 12.2. The van der Waals surface area contributed by atoms with Crippen LogP contribution in [0.3, 0.4) is 0 Å². The molecule has 1 aliphatic heterocycles. The van der Waals surface area contributed by atoms with Crippen molar-refractivity contribution < 1.29 is 30.0 Å². The summed E-state index contributed by atoms with van der Waals surface area (Å²) in [6, 6.07) is 0. The molecule has 0 radical (unpaired) electrons. The molecule has 4 saturated carbocycles. The quantitative estimate of drug-likeness (QED) is 0.508. The van der Waals surface area contributed by atoms with Gasteiger partial charge in [-0.3, -0.25) is 0 Å². The molecule has 0 amide bonds. The summed E-state index contributed by atoms with van der Waals surface area (Å²) in [5.41, 5.74) is -1.08. The first-order valence-electron chi connectivity index (χ1n) is 12.2. The molecule has 1 unspecified atom stereocenters. The molecule has 9 atom stereocenters. The van der Waals surface area contributed by atoms with Crippen molar-refractivity contribution in [1.29, 1.82) is 0 Å². The zero-order valence-corrected chi connectivity index (χ0v) is 18.8. The van der Waals surface area contributed by atoms with Crippen molar-refractivity contribution in [3.8, 4) is 0 Å². The number of aliphatic hydroxyl groups excluding tert-OH is 2. The highest BCUT2D eigenvalue weighted by molar-refractivity contribution is 5.85. The number of aliphatic hydroxyl groups is 4. The predicted molar refractivity (Wildman–Crippen MR) is 114 cm³/mol. The van der Waals surface area contributed by atoms with E-state index in [0.717, 1.165) is 50.5 Å². The van der Waals surface area contributed by atoms with Crippen LogP contribution in [0.15, 0.2) is 11.6 Å². The lowest BCUT2D eigenvalue weighted by Crippen LogP contribution is -2.64. The predicted octanol–water partition coefficient (Wildman–Crippen LogP) is 2.33. The van der Waals surface area contributed by atoms with Gasteiger partial charge in [-0.15, -0.1) is 0 Å². The molecular formula is C25H38O6. The second-order valence-corrected chi connectivity index (χ2v) is 11.8. The Morgan fingerprint density at radius 3 is 2.52 bits per heavy atom. The van der Waals surface area contributed by atoms with Crippen LogP contribution < -0.4 is 0 Å².